The van der Waals surface area contributed by atoms with Crippen molar-refractivity contribution in [3.63, 3.8) is 0 Å². The van der Waals surface area contributed by atoms with Crippen LogP contribution in [0.5, 0.6) is 0 Å². The minimum atomic E-state index is -0.104. The topological polar surface area (TPSA) is 15.3 Å². The Morgan fingerprint density at radius 2 is 2.29 bits per heavy atom. The Labute approximate surface area is 103 Å². The van der Waals surface area contributed by atoms with E-state index in [0.717, 1.165) is 17.7 Å². The zero-order chi connectivity index (χ0) is 12.3. The van der Waals surface area contributed by atoms with Gasteiger partial charge in [-0.1, -0.05) is 17.7 Å². The van der Waals surface area contributed by atoms with Crippen LogP contribution in [0.2, 0.25) is 0 Å². The lowest BCUT2D eigenvalue weighted by Crippen LogP contribution is -2.43. The maximum absolute atomic E-state index is 13.6. The molecule has 0 radical (unpaired) electrons. The first-order chi connectivity index (χ1) is 8.15. The molecular formula is C14H21FN2. The molecule has 2 rings (SSSR count). The van der Waals surface area contributed by atoms with Crippen molar-refractivity contribution in [1.29, 1.82) is 0 Å². The lowest BCUT2D eigenvalue weighted by Gasteiger charge is -2.30. The van der Waals surface area contributed by atoms with Crippen LogP contribution >= 0.6 is 0 Å². The van der Waals surface area contributed by atoms with Crippen molar-refractivity contribution >= 4 is 0 Å². The molecular weight excluding hydrogens is 215 g/mol. The fourth-order valence-corrected chi connectivity index (χ4v) is 2.43. The van der Waals surface area contributed by atoms with Crippen molar-refractivity contribution in [2.45, 2.75) is 32.4 Å². The summed E-state index contributed by atoms with van der Waals surface area (Å²) in [6, 6.07) is 5.79. The normalized spacial score (nSPS) is 21.7. The number of piperidine rings is 1. The van der Waals surface area contributed by atoms with E-state index in [1.807, 2.05) is 19.1 Å². The Hall–Kier alpha value is -0.930. The molecule has 1 saturated heterocycles. The summed E-state index contributed by atoms with van der Waals surface area (Å²) in [5.74, 6) is -0.104. The maximum atomic E-state index is 13.6. The zero-order valence-electron chi connectivity index (χ0n) is 10.7. The molecule has 1 aromatic carbocycles. The predicted molar refractivity (Wildman–Crippen MR) is 68.5 cm³/mol. The van der Waals surface area contributed by atoms with Crippen LogP contribution < -0.4 is 5.32 Å². The number of aryl methyl sites for hydroxylation is 1. The zero-order valence-corrected chi connectivity index (χ0v) is 10.7. The first-order valence-electron chi connectivity index (χ1n) is 6.32. The summed E-state index contributed by atoms with van der Waals surface area (Å²) in [7, 11) is 2.14. The van der Waals surface area contributed by atoms with Crippen LogP contribution in [-0.4, -0.2) is 31.1 Å². The number of halogens is 1. The second kappa shape index (κ2) is 5.61. The van der Waals surface area contributed by atoms with E-state index in [1.165, 1.54) is 19.4 Å². The van der Waals surface area contributed by atoms with E-state index < -0.39 is 0 Å². The van der Waals surface area contributed by atoms with Crippen LogP contribution in [0.1, 0.15) is 24.0 Å². The van der Waals surface area contributed by atoms with Gasteiger partial charge in [0.25, 0.3) is 0 Å². The summed E-state index contributed by atoms with van der Waals surface area (Å²) >= 11 is 0. The minimum Gasteiger partial charge on any atom is -0.309 e. The molecule has 0 saturated carbocycles. The van der Waals surface area contributed by atoms with E-state index in [2.05, 4.69) is 17.3 Å². The molecule has 0 amide bonds. The molecule has 1 N–H and O–H groups in total. The smallest absolute Gasteiger partial charge is 0.127 e. The van der Waals surface area contributed by atoms with Gasteiger partial charge in [0, 0.05) is 24.7 Å². The molecule has 1 unspecified atom stereocenters. The molecule has 2 nitrogen and oxygen atoms in total. The fourth-order valence-electron chi connectivity index (χ4n) is 2.43. The highest BCUT2D eigenvalue weighted by Gasteiger charge is 2.16. The molecule has 1 fully saturated rings. The number of likely N-dealkylation sites (N-methyl/N-ethyl adjacent to an activating group) is 1. The van der Waals surface area contributed by atoms with Crippen molar-refractivity contribution in [1.82, 2.24) is 10.2 Å². The summed E-state index contributed by atoms with van der Waals surface area (Å²) in [6.45, 7) is 4.87. The third-order valence-electron chi connectivity index (χ3n) is 3.41. The summed E-state index contributed by atoms with van der Waals surface area (Å²) in [5, 5.41) is 3.45. The Kier molecular flexibility index (Phi) is 4.13. The van der Waals surface area contributed by atoms with Gasteiger partial charge in [0.1, 0.15) is 5.82 Å². The van der Waals surface area contributed by atoms with E-state index in [1.54, 1.807) is 6.07 Å². The molecule has 1 aromatic rings. The molecule has 1 heterocycles. The highest BCUT2D eigenvalue weighted by Crippen LogP contribution is 2.12. The molecule has 0 bridgehead atoms. The SMILES string of the molecule is Cc1ccc(F)c(CNC2CCCN(C)C2)c1. The first kappa shape index (κ1) is 12.5. The highest BCUT2D eigenvalue weighted by molar-refractivity contribution is 5.23. The number of nitrogens with one attached hydrogen (secondary N) is 1. The summed E-state index contributed by atoms with van der Waals surface area (Å²) < 4.78 is 13.6. The largest absolute Gasteiger partial charge is 0.309 e. The van der Waals surface area contributed by atoms with Crippen LogP contribution in [0.3, 0.4) is 0 Å². The number of likely N-dealkylation sites (tertiary alicyclic amines) is 1. The van der Waals surface area contributed by atoms with Gasteiger partial charge >= 0.3 is 0 Å². The molecule has 3 heteroatoms. The fraction of sp³-hybridized carbons (Fsp3) is 0.571. The number of hydrogen-bond donors (Lipinski definition) is 1. The van der Waals surface area contributed by atoms with Crippen molar-refractivity contribution in [2.24, 2.45) is 0 Å². The summed E-state index contributed by atoms with van der Waals surface area (Å²) in [4.78, 5) is 2.33. The number of nitrogens with zero attached hydrogens (tertiary/aromatic N) is 1. The third-order valence-corrected chi connectivity index (χ3v) is 3.41. The van der Waals surface area contributed by atoms with Crippen molar-refractivity contribution in [3.8, 4) is 0 Å². The van der Waals surface area contributed by atoms with Gasteiger partial charge in [-0.05, 0) is 39.4 Å². The molecule has 1 aliphatic heterocycles. The van der Waals surface area contributed by atoms with E-state index in [9.17, 15) is 4.39 Å². The van der Waals surface area contributed by atoms with Crippen LogP contribution in [0.15, 0.2) is 18.2 Å². The van der Waals surface area contributed by atoms with E-state index >= 15 is 0 Å². The van der Waals surface area contributed by atoms with Gasteiger partial charge in [-0.15, -0.1) is 0 Å². The van der Waals surface area contributed by atoms with Crippen LogP contribution in [-0.2, 0) is 6.54 Å². The van der Waals surface area contributed by atoms with Crippen LogP contribution in [0, 0.1) is 12.7 Å². The molecule has 0 aromatic heterocycles. The number of benzene rings is 1. The molecule has 94 valence electrons. The Morgan fingerprint density at radius 3 is 3.06 bits per heavy atom. The van der Waals surface area contributed by atoms with Gasteiger partial charge in [-0.2, -0.15) is 0 Å². The average Bonchev–Trinajstić information content (AvgIpc) is 2.30. The van der Waals surface area contributed by atoms with E-state index in [-0.39, 0.29) is 5.82 Å². The Balaban J connectivity index is 1.90. The highest BCUT2D eigenvalue weighted by atomic mass is 19.1. The number of rotatable bonds is 3. The molecule has 0 aliphatic carbocycles. The lowest BCUT2D eigenvalue weighted by atomic mass is 10.1. The quantitative estimate of drug-likeness (QED) is 0.866. The first-order valence-corrected chi connectivity index (χ1v) is 6.32. The van der Waals surface area contributed by atoms with Crippen molar-refractivity contribution in [3.05, 3.63) is 35.1 Å². The van der Waals surface area contributed by atoms with Gasteiger partial charge in [-0.25, -0.2) is 4.39 Å². The predicted octanol–water partition coefficient (Wildman–Crippen LogP) is 2.32. The standard InChI is InChI=1S/C14H21FN2/c1-11-5-6-14(15)12(8-11)9-16-13-4-3-7-17(2)10-13/h5-6,8,13,16H,3-4,7,9-10H2,1-2H3. The third kappa shape index (κ3) is 3.51. The van der Waals surface area contributed by atoms with Crippen LogP contribution in [0.4, 0.5) is 4.39 Å². The Bertz CT molecular complexity index is 378. The van der Waals surface area contributed by atoms with Crippen LogP contribution in [0.25, 0.3) is 0 Å². The summed E-state index contributed by atoms with van der Waals surface area (Å²) in [5.41, 5.74) is 1.89. The second-order valence-electron chi connectivity index (χ2n) is 5.08. The van der Waals surface area contributed by atoms with Crippen molar-refractivity contribution in [2.75, 3.05) is 20.1 Å². The summed E-state index contributed by atoms with van der Waals surface area (Å²) in [6.07, 6.45) is 2.42. The lowest BCUT2D eigenvalue weighted by molar-refractivity contribution is 0.226. The van der Waals surface area contributed by atoms with E-state index in [4.69, 9.17) is 0 Å². The maximum Gasteiger partial charge on any atom is 0.127 e. The molecule has 1 atom stereocenters. The van der Waals surface area contributed by atoms with Gasteiger partial charge < -0.3 is 10.2 Å². The minimum absolute atomic E-state index is 0.104. The molecule has 0 spiro atoms. The van der Waals surface area contributed by atoms with Gasteiger partial charge in [-0.3, -0.25) is 0 Å². The van der Waals surface area contributed by atoms with Gasteiger partial charge in [0.15, 0.2) is 0 Å². The van der Waals surface area contributed by atoms with Gasteiger partial charge in [0.2, 0.25) is 0 Å². The monoisotopic (exact) mass is 236 g/mol. The number of hydrogen-bond acceptors (Lipinski definition) is 2. The second-order valence-corrected chi connectivity index (χ2v) is 5.08. The average molecular weight is 236 g/mol. The molecule has 1 aliphatic rings. The van der Waals surface area contributed by atoms with Crippen molar-refractivity contribution < 1.29 is 4.39 Å². The van der Waals surface area contributed by atoms with E-state index in [0.29, 0.717) is 12.6 Å². The van der Waals surface area contributed by atoms with Gasteiger partial charge in [0.05, 0.1) is 0 Å². The molecule has 17 heavy (non-hydrogen) atoms. The Morgan fingerprint density at radius 1 is 1.47 bits per heavy atom.